The van der Waals surface area contributed by atoms with Gasteiger partial charge in [0, 0.05) is 11.1 Å². The maximum absolute atomic E-state index is 9.41. The molecule has 126 valence electrons. The van der Waals surface area contributed by atoms with Crippen LogP contribution >= 0.6 is 11.6 Å². The summed E-state index contributed by atoms with van der Waals surface area (Å²) in [6.45, 7) is 0.380. The van der Waals surface area contributed by atoms with Gasteiger partial charge in [0.2, 0.25) is 5.88 Å². The zero-order valence-electron chi connectivity index (χ0n) is 13.6. The number of nitrogens with two attached hydrogens (primary N) is 1. The van der Waals surface area contributed by atoms with E-state index in [1.807, 2.05) is 18.2 Å². The van der Waals surface area contributed by atoms with E-state index in [4.69, 9.17) is 26.8 Å². The normalized spacial score (nSPS) is 10.3. The first-order chi connectivity index (χ1) is 12.1. The fraction of sp³-hybridized carbons (Fsp3) is 0.105. The molecule has 2 N–H and O–H groups in total. The molecule has 0 aliphatic heterocycles. The summed E-state index contributed by atoms with van der Waals surface area (Å²) in [6.07, 6.45) is 0. The Balaban J connectivity index is 1.97. The summed E-state index contributed by atoms with van der Waals surface area (Å²) < 4.78 is 12.8. The molecule has 0 atom stereocenters. The predicted molar refractivity (Wildman–Crippen MR) is 97.2 cm³/mol. The Labute approximate surface area is 150 Å². The standard InChI is InChI=1S/C19H16ClN3O2/c1-24-15-6-8-16(9-7-15)25-19-18(22)10-14(11-21)23(19)12-13-4-2-3-5-17(13)20/h2-10H,12,22H2,1H3. The molecule has 5 nitrogen and oxygen atoms in total. The first-order valence-corrected chi connectivity index (χ1v) is 7.94. The molecule has 6 heteroatoms. The predicted octanol–water partition coefficient (Wildman–Crippen LogP) is 4.44. The number of aromatic nitrogens is 1. The van der Waals surface area contributed by atoms with Crippen LogP contribution in [-0.4, -0.2) is 11.7 Å². The fourth-order valence-corrected chi connectivity index (χ4v) is 2.66. The molecule has 0 radical (unpaired) electrons. The van der Waals surface area contributed by atoms with Crippen molar-refractivity contribution in [3.05, 3.63) is 70.9 Å². The maximum atomic E-state index is 9.41. The van der Waals surface area contributed by atoms with Gasteiger partial charge in [-0.3, -0.25) is 4.57 Å². The van der Waals surface area contributed by atoms with Crippen molar-refractivity contribution in [3.63, 3.8) is 0 Å². The van der Waals surface area contributed by atoms with Gasteiger partial charge in [0.25, 0.3) is 0 Å². The number of halogens is 1. The van der Waals surface area contributed by atoms with Crippen LogP contribution < -0.4 is 15.2 Å². The van der Waals surface area contributed by atoms with Crippen molar-refractivity contribution in [2.45, 2.75) is 6.54 Å². The number of benzene rings is 2. The first kappa shape index (κ1) is 16.7. The number of methoxy groups -OCH3 is 1. The van der Waals surface area contributed by atoms with E-state index in [1.165, 1.54) is 0 Å². The molecule has 0 aliphatic carbocycles. The lowest BCUT2D eigenvalue weighted by Crippen LogP contribution is -2.05. The van der Waals surface area contributed by atoms with Gasteiger partial charge in [0.15, 0.2) is 0 Å². The zero-order valence-corrected chi connectivity index (χ0v) is 14.3. The van der Waals surface area contributed by atoms with Crippen LogP contribution in [0.4, 0.5) is 5.69 Å². The van der Waals surface area contributed by atoms with E-state index in [0.29, 0.717) is 34.6 Å². The molecule has 0 bridgehead atoms. The highest BCUT2D eigenvalue weighted by molar-refractivity contribution is 6.31. The van der Waals surface area contributed by atoms with E-state index in [0.717, 1.165) is 11.3 Å². The second-order valence-electron chi connectivity index (χ2n) is 5.36. The molecule has 1 heterocycles. The fourth-order valence-electron chi connectivity index (χ4n) is 2.47. The van der Waals surface area contributed by atoms with Crippen LogP contribution in [-0.2, 0) is 6.54 Å². The number of nitriles is 1. The molecule has 0 spiro atoms. The highest BCUT2D eigenvalue weighted by Gasteiger charge is 2.16. The summed E-state index contributed by atoms with van der Waals surface area (Å²) in [6, 6.07) is 18.3. The molecule has 3 aromatic rings. The highest BCUT2D eigenvalue weighted by Crippen LogP contribution is 2.33. The van der Waals surface area contributed by atoms with Crippen LogP contribution in [0.5, 0.6) is 17.4 Å². The number of hydrogen-bond donors (Lipinski definition) is 1. The maximum Gasteiger partial charge on any atom is 0.224 e. The summed E-state index contributed by atoms with van der Waals surface area (Å²) in [4.78, 5) is 0. The highest BCUT2D eigenvalue weighted by atomic mass is 35.5. The minimum Gasteiger partial charge on any atom is -0.497 e. The van der Waals surface area contributed by atoms with Crippen molar-refractivity contribution in [2.24, 2.45) is 0 Å². The van der Waals surface area contributed by atoms with Gasteiger partial charge in [-0.25, -0.2) is 0 Å². The van der Waals surface area contributed by atoms with E-state index in [9.17, 15) is 5.26 Å². The van der Waals surface area contributed by atoms with E-state index in [-0.39, 0.29) is 0 Å². The average Bonchev–Trinajstić information content (AvgIpc) is 2.93. The third-order valence-corrected chi connectivity index (χ3v) is 4.12. The Bertz CT molecular complexity index is 927. The zero-order chi connectivity index (χ0) is 17.8. The summed E-state index contributed by atoms with van der Waals surface area (Å²) in [5.74, 6) is 1.72. The Morgan fingerprint density at radius 1 is 1.12 bits per heavy atom. The molecule has 2 aromatic carbocycles. The van der Waals surface area contributed by atoms with E-state index in [1.54, 1.807) is 48.1 Å². The Morgan fingerprint density at radius 2 is 1.80 bits per heavy atom. The van der Waals surface area contributed by atoms with Crippen LogP contribution in [0.1, 0.15) is 11.3 Å². The van der Waals surface area contributed by atoms with Gasteiger partial charge in [-0.2, -0.15) is 5.26 Å². The first-order valence-electron chi connectivity index (χ1n) is 7.56. The Morgan fingerprint density at radius 3 is 2.44 bits per heavy atom. The van der Waals surface area contributed by atoms with Gasteiger partial charge < -0.3 is 15.2 Å². The quantitative estimate of drug-likeness (QED) is 0.735. The van der Waals surface area contributed by atoms with Crippen molar-refractivity contribution >= 4 is 17.3 Å². The molecule has 0 aliphatic rings. The molecular formula is C19H16ClN3O2. The van der Waals surface area contributed by atoms with Crippen LogP contribution in [0.15, 0.2) is 54.6 Å². The monoisotopic (exact) mass is 353 g/mol. The summed E-state index contributed by atoms with van der Waals surface area (Å²) in [7, 11) is 1.60. The second kappa shape index (κ2) is 7.20. The number of rotatable bonds is 5. The van der Waals surface area contributed by atoms with Crippen LogP contribution in [0.25, 0.3) is 0 Å². The minimum atomic E-state index is 0.380. The van der Waals surface area contributed by atoms with E-state index >= 15 is 0 Å². The number of nitrogens with zero attached hydrogens (tertiary/aromatic N) is 2. The molecule has 1 aromatic heterocycles. The SMILES string of the molecule is COc1ccc(Oc2c(N)cc(C#N)n2Cc2ccccc2Cl)cc1. The smallest absolute Gasteiger partial charge is 0.224 e. The van der Waals surface area contributed by atoms with Crippen LogP contribution in [0.3, 0.4) is 0 Å². The summed E-state index contributed by atoms with van der Waals surface area (Å²) >= 11 is 6.24. The third-order valence-electron chi connectivity index (χ3n) is 3.75. The van der Waals surface area contributed by atoms with E-state index in [2.05, 4.69) is 6.07 Å². The Kier molecular flexibility index (Phi) is 4.82. The molecule has 0 amide bonds. The van der Waals surface area contributed by atoms with Gasteiger partial charge in [-0.05, 0) is 35.9 Å². The molecule has 0 saturated carbocycles. The van der Waals surface area contributed by atoms with Crippen molar-refractivity contribution < 1.29 is 9.47 Å². The average molecular weight is 354 g/mol. The molecule has 25 heavy (non-hydrogen) atoms. The van der Waals surface area contributed by atoms with E-state index < -0.39 is 0 Å². The minimum absolute atomic E-state index is 0.380. The van der Waals surface area contributed by atoms with Crippen molar-refractivity contribution in [1.29, 1.82) is 5.26 Å². The van der Waals surface area contributed by atoms with Crippen molar-refractivity contribution in [3.8, 4) is 23.4 Å². The van der Waals surface area contributed by atoms with Gasteiger partial charge in [0.1, 0.15) is 23.3 Å². The number of ether oxygens (including phenoxy) is 2. The molecule has 0 unspecified atom stereocenters. The lowest BCUT2D eigenvalue weighted by molar-refractivity contribution is 0.410. The van der Waals surface area contributed by atoms with Gasteiger partial charge >= 0.3 is 0 Å². The molecular weight excluding hydrogens is 338 g/mol. The van der Waals surface area contributed by atoms with Crippen LogP contribution in [0, 0.1) is 11.3 Å². The van der Waals surface area contributed by atoms with Crippen LogP contribution in [0.2, 0.25) is 5.02 Å². The van der Waals surface area contributed by atoms with Crippen molar-refractivity contribution in [1.82, 2.24) is 4.57 Å². The third kappa shape index (κ3) is 3.54. The topological polar surface area (TPSA) is 73.2 Å². The number of anilines is 1. The lowest BCUT2D eigenvalue weighted by atomic mass is 10.2. The van der Waals surface area contributed by atoms with Crippen molar-refractivity contribution in [2.75, 3.05) is 12.8 Å². The summed E-state index contributed by atoms with van der Waals surface area (Å²) in [5, 5.41) is 10.0. The van der Waals surface area contributed by atoms with Gasteiger partial charge in [0.05, 0.1) is 19.3 Å². The largest absolute Gasteiger partial charge is 0.497 e. The second-order valence-corrected chi connectivity index (χ2v) is 5.76. The van der Waals surface area contributed by atoms with Gasteiger partial charge in [-0.1, -0.05) is 29.8 Å². The molecule has 0 saturated heterocycles. The number of nitrogen functional groups attached to an aromatic ring is 1. The Hall–Kier alpha value is -3.10. The molecule has 3 rings (SSSR count). The summed E-state index contributed by atoms with van der Waals surface area (Å²) in [5.41, 5.74) is 7.72. The molecule has 0 fully saturated rings. The lowest BCUT2D eigenvalue weighted by Gasteiger charge is -2.13. The number of hydrogen-bond acceptors (Lipinski definition) is 4. The van der Waals surface area contributed by atoms with Gasteiger partial charge in [-0.15, -0.1) is 0 Å².